The molecule has 0 heterocycles. The Morgan fingerprint density at radius 3 is 2.35 bits per heavy atom. The first-order valence-corrected chi connectivity index (χ1v) is 5.69. The second-order valence-corrected chi connectivity index (χ2v) is 4.12. The molecule has 0 atom stereocenters. The first-order valence-electron chi connectivity index (χ1n) is 5.69. The summed E-state index contributed by atoms with van der Waals surface area (Å²) in [5.41, 5.74) is 0.0609. The van der Waals surface area contributed by atoms with Crippen molar-refractivity contribution in [1.29, 1.82) is 0 Å². The lowest BCUT2D eigenvalue weighted by Gasteiger charge is -2.03. The molecule has 6 heteroatoms. The number of hydrogen-bond donors (Lipinski definition) is 0. The molecule has 0 saturated heterocycles. The molecule has 20 heavy (non-hydrogen) atoms. The van der Waals surface area contributed by atoms with Gasteiger partial charge in [-0.2, -0.15) is 0 Å². The van der Waals surface area contributed by atoms with Gasteiger partial charge >= 0.3 is 0 Å². The summed E-state index contributed by atoms with van der Waals surface area (Å²) in [7, 11) is 0. The Morgan fingerprint density at radius 2 is 1.75 bits per heavy atom. The van der Waals surface area contributed by atoms with E-state index in [0.717, 1.165) is 6.07 Å². The van der Waals surface area contributed by atoms with Crippen LogP contribution in [-0.2, 0) is 6.42 Å². The fraction of sp³-hybridized carbons (Fsp3) is 0.0714. The van der Waals surface area contributed by atoms with E-state index in [9.17, 15) is 23.7 Å². The number of benzene rings is 2. The predicted molar refractivity (Wildman–Crippen MR) is 67.5 cm³/mol. The van der Waals surface area contributed by atoms with Gasteiger partial charge in [-0.3, -0.25) is 14.9 Å². The topological polar surface area (TPSA) is 60.2 Å². The van der Waals surface area contributed by atoms with Crippen molar-refractivity contribution in [3.8, 4) is 0 Å². The molecule has 2 rings (SSSR count). The second-order valence-electron chi connectivity index (χ2n) is 4.12. The third-order valence-electron chi connectivity index (χ3n) is 2.76. The van der Waals surface area contributed by atoms with E-state index < -0.39 is 22.3 Å². The third kappa shape index (κ3) is 2.85. The SMILES string of the molecule is O=C(Cc1ccc([N+](=O)[O-])cc1)c1cccc(F)c1F. The molecule has 102 valence electrons. The van der Waals surface area contributed by atoms with E-state index in [0.29, 0.717) is 5.56 Å². The van der Waals surface area contributed by atoms with E-state index in [1.165, 1.54) is 36.4 Å². The molecule has 0 spiro atoms. The molecular weight excluding hydrogens is 268 g/mol. The number of Topliss-reactive ketones (excluding diaryl/α,β-unsaturated/α-hetero) is 1. The zero-order chi connectivity index (χ0) is 14.7. The van der Waals surface area contributed by atoms with Crippen molar-refractivity contribution in [3.05, 3.63) is 75.3 Å². The minimum absolute atomic E-state index is 0.0989. The minimum atomic E-state index is -1.18. The molecule has 0 aliphatic carbocycles. The summed E-state index contributed by atoms with van der Waals surface area (Å²) in [4.78, 5) is 21.8. The van der Waals surface area contributed by atoms with Crippen LogP contribution in [0, 0.1) is 21.7 Å². The Bertz CT molecular complexity index is 669. The molecule has 0 saturated carbocycles. The Hall–Kier alpha value is -2.63. The van der Waals surface area contributed by atoms with Crippen molar-refractivity contribution >= 4 is 11.5 Å². The van der Waals surface area contributed by atoms with Gasteiger partial charge in [-0.25, -0.2) is 8.78 Å². The highest BCUT2D eigenvalue weighted by Gasteiger charge is 2.15. The molecule has 0 amide bonds. The summed E-state index contributed by atoms with van der Waals surface area (Å²) in [5.74, 6) is -2.85. The van der Waals surface area contributed by atoms with E-state index in [2.05, 4.69) is 0 Å². The van der Waals surface area contributed by atoms with Crippen LogP contribution < -0.4 is 0 Å². The molecular formula is C14H9F2NO3. The highest BCUT2D eigenvalue weighted by atomic mass is 19.2. The van der Waals surface area contributed by atoms with E-state index in [-0.39, 0.29) is 17.7 Å². The number of rotatable bonds is 4. The summed E-state index contributed by atoms with van der Waals surface area (Å²) in [6.45, 7) is 0. The smallest absolute Gasteiger partial charge is 0.269 e. The summed E-state index contributed by atoms with van der Waals surface area (Å²) in [5, 5.41) is 10.5. The molecule has 0 aliphatic rings. The number of hydrogen-bond acceptors (Lipinski definition) is 3. The van der Waals surface area contributed by atoms with Gasteiger partial charge in [0.15, 0.2) is 17.4 Å². The maximum atomic E-state index is 13.4. The molecule has 0 aliphatic heterocycles. The van der Waals surface area contributed by atoms with Crippen LogP contribution in [-0.4, -0.2) is 10.7 Å². The van der Waals surface area contributed by atoms with Crippen LogP contribution in [0.3, 0.4) is 0 Å². The van der Waals surface area contributed by atoms with Crippen molar-refractivity contribution < 1.29 is 18.5 Å². The van der Waals surface area contributed by atoms with Crippen molar-refractivity contribution in [3.63, 3.8) is 0 Å². The van der Waals surface area contributed by atoms with Crippen molar-refractivity contribution in [2.45, 2.75) is 6.42 Å². The Kier molecular flexibility index (Phi) is 3.84. The van der Waals surface area contributed by atoms with E-state index >= 15 is 0 Å². The maximum Gasteiger partial charge on any atom is 0.269 e. The first-order chi connectivity index (χ1) is 9.49. The fourth-order valence-corrected chi connectivity index (χ4v) is 1.74. The van der Waals surface area contributed by atoms with Crippen LogP contribution in [0.4, 0.5) is 14.5 Å². The number of halogens is 2. The highest BCUT2D eigenvalue weighted by Crippen LogP contribution is 2.16. The Labute approximate surface area is 112 Å². The van der Waals surface area contributed by atoms with Crippen LogP contribution in [0.5, 0.6) is 0 Å². The maximum absolute atomic E-state index is 13.4. The van der Waals surface area contributed by atoms with Gasteiger partial charge in [0.25, 0.3) is 5.69 Å². The molecule has 0 bridgehead atoms. The van der Waals surface area contributed by atoms with Crippen molar-refractivity contribution in [2.75, 3.05) is 0 Å². The standard InChI is InChI=1S/C14H9F2NO3/c15-12-3-1-2-11(14(12)16)13(18)8-9-4-6-10(7-5-9)17(19)20/h1-7H,8H2. The fourth-order valence-electron chi connectivity index (χ4n) is 1.74. The van der Waals surface area contributed by atoms with Crippen molar-refractivity contribution in [1.82, 2.24) is 0 Å². The zero-order valence-electron chi connectivity index (χ0n) is 10.2. The molecule has 0 N–H and O–H groups in total. The minimum Gasteiger partial charge on any atom is -0.294 e. The molecule has 0 radical (unpaired) electrons. The van der Waals surface area contributed by atoms with Gasteiger partial charge in [0, 0.05) is 18.6 Å². The quantitative estimate of drug-likeness (QED) is 0.489. The Balaban J connectivity index is 2.19. The number of carbonyl (C=O) groups is 1. The number of nitrogens with zero attached hydrogens (tertiary/aromatic N) is 1. The molecule has 0 aromatic heterocycles. The van der Waals surface area contributed by atoms with Crippen LogP contribution in [0.25, 0.3) is 0 Å². The molecule has 0 fully saturated rings. The monoisotopic (exact) mass is 277 g/mol. The van der Waals surface area contributed by atoms with Crippen LogP contribution in [0.2, 0.25) is 0 Å². The lowest BCUT2D eigenvalue weighted by atomic mass is 10.0. The first kappa shape index (κ1) is 13.8. The normalized spacial score (nSPS) is 10.3. The van der Waals surface area contributed by atoms with Gasteiger partial charge in [0.05, 0.1) is 10.5 Å². The van der Waals surface area contributed by atoms with Gasteiger partial charge in [0.2, 0.25) is 0 Å². The van der Waals surface area contributed by atoms with Crippen molar-refractivity contribution in [2.24, 2.45) is 0 Å². The molecule has 2 aromatic carbocycles. The highest BCUT2D eigenvalue weighted by molar-refractivity contribution is 5.97. The number of ketones is 1. The summed E-state index contributed by atoms with van der Waals surface area (Å²) in [6, 6.07) is 8.71. The number of nitro groups is 1. The average Bonchev–Trinajstić information content (AvgIpc) is 2.42. The lowest BCUT2D eigenvalue weighted by molar-refractivity contribution is -0.384. The van der Waals surface area contributed by atoms with E-state index in [1.54, 1.807) is 0 Å². The van der Waals surface area contributed by atoms with Gasteiger partial charge in [0.1, 0.15) is 0 Å². The van der Waals surface area contributed by atoms with Gasteiger partial charge in [-0.15, -0.1) is 0 Å². The largest absolute Gasteiger partial charge is 0.294 e. The molecule has 4 nitrogen and oxygen atoms in total. The average molecular weight is 277 g/mol. The predicted octanol–water partition coefficient (Wildman–Crippen LogP) is 3.30. The molecule has 0 unspecified atom stereocenters. The van der Waals surface area contributed by atoms with Gasteiger partial charge in [-0.1, -0.05) is 18.2 Å². The van der Waals surface area contributed by atoms with E-state index in [1.807, 2.05) is 0 Å². The summed E-state index contributed by atoms with van der Waals surface area (Å²) >= 11 is 0. The van der Waals surface area contributed by atoms with Gasteiger partial charge in [-0.05, 0) is 17.7 Å². The second kappa shape index (κ2) is 5.56. The van der Waals surface area contributed by atoms with Gasteiger partial charge < -0.3 is 0 Å². The van der Waals surface area contributed by atoms with Crippen LogP contribution in [0.15, 0.2) is 42.5 Å². The number of carbonyl (C=O) groups excluding carboxylic acids is 1. The molecule has 2 aromatic rings. The summed E-state index contributed by atoms with van der Waals surface area (Å²) in [6.07, 6.45) is -0.154. The number of non-ortho nitro benzene ring substituents is 1. The summed E-state index contributed by atoms with van der Waals surface area (Å²) < 4.78 is 26.5. The number of nitro benzene ring substituents is 1. The lowest BCUT2D eigenvalue weighted by Crippen LogP contribution is -2.07. The van der Waals surface area contributed by atoms with Crippen LogP contribution >= 0.6 is 0 Å². The zero-order valence-corrected chi connectivity index (χ0v) is 10.2. The third-order valence-corrected chi connectivity index (χ3v) is 2.76. The van der Waals surface area contributed by atoms with Crippen LogP contribution in [0.1, 0.15) is 15.9 Å². The van der Waals surface area contributed by atoms with E-state index in [4.69, 9.17) is 0 Å². The Morgan fingerprint density at radius 1 is 1.10 bits per heavy atom.